The Labute approximate surface area is 134 Å². The molecule has 0 saturated carbocycles. The number of rotatable bonds is 6. The fourth-order valence-corrected chi connectivity index (χ4v) is 4.65. The van der Waals surface area contributed by atoms with E-state index in [1.807, 2.05) is 6.07 Å². The van der Waals surface area contributed by atoms with E-state index in [2.05, 4.69) is 39.6 Å². The maximum atomic E-state index is 6.16. The second kappa shape index (κ2) is 7.09. The van der Waals surface area contributed by atoms with Gasteiger partial charge in [0.2, 0.25) is 0 Å². The molecule has 0 radical (unpaired) electrons. The van der Waals surface area contributed by atoms with E-state index < -0.39 is 0 Å². The summed E-state index contributed by atoms with van der Waals surface area (Å²) in [5.41, 5.74) is 0. The predicted octanol–water partition coefficient (Wildman–Crippen LogP) is 5.32. The Morgan fingerprint density at radius 3 is 2.89 bits per heavy atom. The van der Waals surface area contributed by atoms with Crippen LogP contribution in [0.1, 0.15) is 29.1 Å². The Kier molecular flexibility index (Phi) is 5.71. The summed E-state index contributed by atoms with van der Waals surface area (Å²) >= 11 is 12.9. The minimum Gasteiger partial charge on any atom is -0.496 e. The highest BCUT2D eigenvalue weighted by Crippen LogP contribution is 2.41. The zero-order valence-electron chi connectivity index (χ0n) is 10.7. The van der Waals surface area contributed by atoms with Crippen molar-refractivity contribution in [3.8, 4) is 5.75 Å². The summed E-state index contributed by atoms with van der Waals surface area (Å²) in [6, 6.07) is 4.23. The second-order valence-electron chi connectivity index (χ2n) is 4.01. The van der Waals surface area contributed by atoms with Gasteiger partial charge in [0.15, 0.2) is 0 Å². The quantitative estimate of drug-likeness (QED) is 0.732. The maximum Gasteiger partial charge on any atom is 0.134 e. The molecule has 0 aromatic carbocycles. The second-order valence-corrected chi connectivity index (χ2v) is 7.50. The zero-order chi connectivity index (χ0) is 13.8. The topological polar surface area (TPSA) is 21.3 Å². The third-order valence-electron chi connectivity index (χ3n) is 2.69. The van der Waals surface area contributed by atoms with E-state index in [4.69, 9.17) is 16.3 Å². The molecule has 2 heterocycles. The van der Waals surface area contributed by atoms with E-state index in [0.717, 1.165) is 27.5 Å². The van der Waals surface area contributed by atoms with Crippen LogP contribution in [0.15, 0.2) is 22.0 Å². The summed E-state index contributed by atoms with van der Waals surface area (Å²) in [7, 11) is 1.71. The Bertz CT molecular complexity index is 521. The highest BCUT2D eigenvalue weighted by atomic mass is 79.9. The molecule has 104 valence electrons. The molecule has 0 aliphatic carbocycles. The Morgan fingerprint density at radius 2 is 2.32 bits per heavy atom. The molecule has 2 nitrogen and oxygen atoms in total. The van der Waals surface area contributed by atoms with Crippen LogP contribution in [0.3, 0.4) is 0 Å². The van der Waals surface area contributed by atoms with Crippen molar-refractivity contribution in [3.05, 3.63) is 36.1 Å². The third-order valence-corrected chi connectivity index (χ3v) is 6.19. The molecule has 0 saturated heterocycles. The first kappa shape index (κ1) is 15.3. The average molecular weight is 381 g/mol. The molecule has 1 unspecified atom stereocenters. The van der Waals surface area contributed by atoms with Crippen LogP contribution in [0.2, 0.25) is 4.34 Å². The lowest BCUT2D eigenvalue weighted by molar-refractivity contribution is 0.407. The van der Waals surface area contributed by atoms with Crippen LogP contribution in [-0.4, -0.2) is 13.7 Å². The summed E-state index contributed by atoms with van der Waals surface area (Å²) in [5.74, 6) is 0.930. The van der Waals surface area contributed by atoms with Crippen LogP contribution in [0.5, 0.6) is 5.75 Å². The fraction of sp³-hybridized carbons (Fsp3) is 0.385. The van der Waals surface area contributed by atoms with Gasteiger partial charge in [-0.2, -0.15) is 0 Å². The lowest BCUT2D eigenvalue weighted by Gasteiger charge is -2.17. The predicted molar refractivity (Wildman–Crippen MR) is 88.0 cm³/mol. The van der Waals surface area contributed by atoms with E-state index in [1.165, 1.54) is 9.75 Å². The molecule has 6 heteroatoms. The van der Waals surface area contributed by atoms with Gasteiger partial charge in [0.25, 0.3) is 0 Å². The Hall–Kier alpha value is -0.0700. The van der Waals surface area contributed by atoms with Crippen LogP contribution in [0, 0.1) is 0 Å². The van der Waals surface area contributed by atoms with Crippen molar-refractivity contribution in [2.45, 2.75) is 19.4 Å². The van der Waals surface area contributed by atoms with Gasteiger partial charge >= 0.3 is 0 Å². The minimum atomic E-state index is 0.142. The smallest absolute Gasteiger partial charge is 0.134 e. The van der Waals surface area contributed by atoms with E-state index in [-0.39, 0.29) is 6.04 Å². The molecular weight excluding hydrogens is 366 g/mol. The van der Waals surface area contributed by atoms with Gasteiger partial charge in [-0.25, -0.2) is 0 Å². The highest BCUT2D eigenvalue weighted by Gasteiger charge is 2.22. The van der Waals surface area contributed by atoms with Crippen molar-refractivity contribution in [2.24, 2.45) is 0 Å². The molecule has 0 amide bonds. The van der Waals surface area contributed by atoms with Crippen molar-refractivity contribution < 1.29 is 4.74 Å². The van der Waals surface area contributed by atoms with Gasteiger partial charge in [0, 0.05) is 9.35 Å². The standard InChI is InChI=1S/C13H15BrClNOS2/c1-3-5-16-11(10-7-8(14)13(15)19-10)12-9(17-2)4-6-18-12/h4,6-7,11,16H,3,5H2,1-2H3. The molecule has 0 aliphatic heterocycles. The molecular formula is C13H15BrClNOS2. The molecule has 2 aromatic heterocycles. The number of thiophene rings is 2. The van der Waals surface area contributed by atoms with Crippen LogP contribution >= 0.6 is 50.2 Å². The van der Waals surface area contributed by atoms with E-state index >= 15 is 0 Å². The van der Waals surface area contributed by atoms with Gasteiger partial charge in [-0.05, 0) is 46.4 Å². The number of hydrogen-bond acceptors (Lipinski definition) is 4. The van der Waals surface area contributed by atoms with E-state index in [9.17, 15) is 0 Å². The highest BCUT2D eigenvalue weighted by molar-refractivity contribution is 9.10. The van der Waals surface area contributed by atoms with Gasteiger partial charge in [0.05, 0.1) is 18.0 Å². The Morgan fingerprint density at radius 1 is 1.53 bits per heavy atom. The molecule has 1 atom stereocenters. The van der Waals surface area contributed by atoms with Gasteiger partial charge in [-0.15, -0.1) is 22.7 Å². The van der Waals surface area contributed by atoms with Gasteiger partial charge in [-0.1, -0.05) is 18.5 Å². The average Bonchev–Trinajstić information content (AvgIpc) is 2.98. The monoisotopic (exact) mass is 379 g/mol. The number of halogens is 2. The lowest BCUT2D eigenvalue weighted by atomic mass is 10.2. The van der Waals surface area contributed by atoms with E-state index in [1.54, 1.807) is 29.8 Å². The van der Waals surface area contributed by atoms with Crippen molar-refractivity contribution >= 4 is 50.2 Å². The van der Waals surface area contributed by atoms with Crippen LogP contribution in [0.4, 0.5) is 0 Å². The summed E-state index contributed by atoms with van der Waals surface area (Å²) in [5, 5.41) is 5.62. The van der Waals surface area contributed by atoms with Crippen LogP contribution in [-0.2, 0) is 0 Å². The van der Waals surface area contributed by atoms with Crippen molar-refractivity contribution in [1.29, 1.82) is 0 Å². The zero-order valence-corrected chi connectivity index (χ0v) is 14.7. The Balaban J connectivity index is 2.35. The number of hydrogen-bond donors (Lipinski definition) is 1. The lowest BCUT2D eigenvalue weighted by Crippen LogP contribution is -2.21. The first-order valence-corrected chi connectivity index (χ1v) is 8.83. The summed E-state index contributed by atoms with van der Waals surface area (Å²) < 4.78 is 7.17. The number of nitrogens with one attached hydrogen (secondary N) is 1. The van der Waals surface area contributed by atoms with Crippen LogP contribution in [0.25, 0.3) is 0 Å². The maximum absolute atomic E-state index is 6.16. The summed E-state index contributed by atoms with van der Waals surface area (Å²) in [6.45, 7) is 3.12. The van der Waals surface area contributed by atoms with E-state index in [0.29, 0.717) is 0 Å². The molecule has 19 heavy (non-hydrogen) atoms. The largest absolute Gasteiger partial charge is 0.496 e. The van der Waals surface area contributed by atoms with Crippen LogP contribution < -0.4 is 10.1 Å². The molecule has 0 fully saturated rings. The fourth-order valence-electron chi connectivity index (χ4n) is 1.81. The van der Waals surface area contributed by atoms with Crippen molar-refractivity contribution in [2.75, 3.05) is 13.7 Å². The van der Waals surface area contributed by atoms with Gasteiger partial charge in [-0.3, -0.25) is 0 Å². The summed E-state index contributed by atoms with van der Waals surface area (Å²) in [6.07, 6.45) is 1.09. The number of ether oxygens (including phenoxy) is 1. The SMILES string of the molecule is CCCNC(c1cc(Br)c(Cl)s1)c1sccc1OC. The molecule has 0 spiro atoms. The van der Waals surface area contributed by atoms with Crippen molar-refractivity contribution in [1.82, 2.24) is 5.32 Å². The van der Waals surface area contributed by atoms with Gasteiger partial charge in [0.1, 0.15) is 10.1 Å². The van der Waals surface area contributed by atoms with Gasteiger partial charge < -0.3 is 10.1 Å². The first-order chi connectivity index (χ1) is 9.17. The third kappa shape index (κ3) is 3.52. The normalized spacial score (nSPS) is 12.6. The minimum absolute atomic E-state index is 0.142. The molecule has 2 aromatic rings. The number of methoxy groups -OCH3 is 1. The molecule has 2 rings (SSSR count). The van der Waals surface area contributed by atoms with Crippen molar-refractivity contribution in [3.63, 3.8) is 0 Å². The first-order valence-electron chi connectivity index (χ1n) is 5.96. The summed E-state index contributed by atoms with van der Waals surface area (Å²) in [4.78, 5) is 2.40. The molecule has 0 bridgehead atoms. The molecule has 0 aliphatic rings. The molecule has 1 N–H and O–H groups in total.